The van der Waals surface area contributed by atoms with Gasteiger partial charge in [0.25, 0.3) is 5.91 Å². The Kier molecular flexibility index (Phi) is 5.78. The van der Waals surface area contributed by atoms with Gasteiger partial charge in [-0.05, 0) is 26.0 Å². The van der Waals surface area contributed by atoms with Crippen LogP contribution >= 0.6 is 0 Å². The Labute approximate surface area is 139 Å². The van der Waals surface area contributed by atoms with Gasteiger partial charge in [0.1, 0.15) is 7.11 Å². The van der Waals surface area contributed by atoms with Gasteiger partial charge in [-0.3, -0.25) is 14.8 Å². The maximum Gasteiger partial charge on any atom is 0.287 e. The van der Waals surface area contributed by atoms with Gasteiger partial charge in [-0.2, -0.15) is 15.2 Å². The second-order valence-corrected chi connectivity index (χ2v) is 5.04. The van der Waals surface area contributed by atoms with Crippen molar-refractivity contribution in [3.8, 4) is 0 Å². The summed E-state index contributed by atoms with van der Waals surface area (Å²) in [7, 11) is 1.31. The van der Waals surface area contributed by atoms with Gasteiger partial charge in [-0.25, -0.2) is 0 Å². The maximum absolute atomic E-state index is 13.0. The summed E-state index contributed by atoms with van der Waals surface area (Å²) in [6, 6.07) is 8.71. The highest BCUT2D eigenvalue weighted by Gasteiger charge is 2.58. The van der Waals surface area contributed by atoms with Crippen LogP contribution in [0.1, 0.15) is 20.8 Å². The van der Waals surface area contributed by atoms with Crippen molar-refractivity contribution in [3.63, 3.8) is 0 Å². The third-order valence-corrected chi connectivity index (χ3v) is 3.64. The number of hydrazone groups is 1. The van der Waals surface area contributed by atoms with Crippen molar-refractivity contribution in [1.29, 1.82) is 0 Å². The van der Waals surface area contributed by atoms with E-state index < -0.39 is 17.4 Å². The minimum absolute atomic E-state index is 0. The van der Waals surface area contributed by atoms with E-state index in [2.05, 4.69) is 10.3 Å². The molecule has 0 spiro atoms. The van der Waals surface area contributed by atoms with Gasteiger partial charge in [-0.15, -0.1) is 0 Å². The van der Waals surface area contributed by atoms with E-state index in [-0.39, 0.29) is 16.9 Å². The molecule has 130 valence electrons. The molecule has 3 N–H and O–H groups in total. The highest BCUT2D eigenvalue weighted by molar-refractivity contribution is 6.37. The van der Waals surface area contributed by atoms with E-state index in [0.29, 0.717) is 10.8 Å². The van der Waals surface area contributed by atoms with Crippen molar-refractivity contribution in [1.82, 2.24) is 5.06 Å². The lowest BCUT2D eigenvalue weighted by Crippen LogP contribution is -2.64. The van der Waals surface area contributed by atoms with E-state index in [4.69, 9.17) is 4.84 Å². The molecule has 9 heteroatoms. The lowest BCUT2D eigenvalue weighted by Gasteiger charge is -2.33. The highest BCUT2D eigenvalue weighted by atomic mass is 16.6. The van der Waals surface area contributed by atoms with Gasteiger partial charge >= 0.3 is 0 Å². The second-order valence-electron chi connectivity index (χ2n) is 5.04. The van der Waals surface area contributed by atoms with Crippen molar-refractivity contribution in [2.45, 2.75) is 26.3 Å². The molecule has 0 aromatic heterocycles. The first-order chi connectivity index (χ1) is 10.9. The molecule has 2 amide bonds. The number of carbonyl (C=O) groups excluding carboxylic acids is 2. The molecule has 24 heavy (non-hydrogen) atoms. The van der Waals surface area contributed by atoms with Gasteiger partial charge in [0, 0.05) is 6.92 Å². The number of oxime groups is 1. The number of benzene rings is 1. The van der Waals surface area contributed by atoms with Crippen molar-refractivity contribution in [3.05, 3.63) is 30.3 Å². The van der Waals surface area contributed by atoms with Gasteiger partial charge in [0.05, 0.1) is 17.1 Å². The summed E-state index contributed by atoms with van der Waals surface area (Å²) in [5, 5.41) is 19.7. The molecule has 0 fully saturated rings. The Morgan fingerprint density at radius 2 is 1.92 bits per heavy atom. The van der Waals surface area contributed by atoms with Crippen molar-refractivity contribution in [2.24, 2.45) is 10.3 Å². The monoisotopic (exact) mass is 336 g/mol. The quantitative estimate of drug-likeness (QED) is 0.490. The molecule has 1 aliphatic rings. The van der Waals surface area contributed by atoms with Crippen molar-refractivity contribution >= 4 is 28.9 Å². The number of nitrogens with zero attached hydrogens (tertiary/aromatic N) is 4. The van der Waals surface area contributed by atoms with Crippen LogP contribution in [0.2, 0.25) is 0 Å². The predicted molar refractivity (Wildman–Crippen MR) is 87.8 cm³/mol. The zero-order valence-electron chi connectivity index (χ0n) is 13.8. The molecule has 0 bridgehead atoms. The third-order valence-electron chi connectivity index (χ3n) is 3.64. The SMILES string of the molecule is CO/N=C(\C)[C@@]1(N(O)C(C)=O)C(=O)N(c2ccccc2)N=C1C.O. The summed E-state index contributed by atoms with van der Waals surface area (Å²) in [6.45, 7) is 4.18. The second kappa shape index (κ2) is 7.20. The molecule has 0 saturated heterocycles. The fraction of sp³-hybridized carbons (Fsp3) is 0.333. The number of hydrogen-bond acceptors (Lipinski definition) is 6. The van der Waals surface area contributed by atoms with Crippen LogP contribution in [-0.2, 0) is 14.4 Å². The van der Waals surface area contributed by atoms with Gasteiger partial charge in [0.2, 0.25) is 11.4 Å². The molecule has 1 atom stereocenters. The zero-order chi connectivity index (χ0) is 17.2. The Morgan fingerprint density at radius 1 is 1.33 bits per heavy atom. The standard InChI is InChI=1S/C15H18N4O4.H2O/c1-10-15(11(2)17-23-4,19(22)12(3)20)14(21)18(16-10)13-8-6-5-7-9-13;/h5-9,22H,1-4H3;1H2/b17-11+;/t15-;/m1./s1. The van der Waals surface area contributed by atoms with E-state index >= 15 is 0 Å². The topological polar surface area (TPSA) is 126 Å². The summed E-state index contributed by atoms with van der Waals surface area (Å²) in [5.41, 5.74) is -0.997. The number of para-hydroxylation sites is 1. The van der Waals surface area contributed by atoms with Crippen LogP contribution in [-0.4, -0.2) is 51.6 Å². The van der Waals surface area contributed by atoms with Gasteiger partial charge < -0.3 is 10.3 Å². The van der Waals surface area contributed by atoms with Crippen LogP contribution in [0.15, 0.2) is 40.6 Å². The number of rotatable bonds is 4. The number of hydroxylamine groups is 2. The van der Waals surface area contributed by atoms with E-state index in [1.54, 1.807) is 37.3 Å². The number of hydrogen-bond donors (Lipinski definition) is 1. The minimum Gasteiger partial charge on any atom is -0.412 e. The van der Waals surface area contributed by atoms with Crippen LogP contribution in [0.25, 0.3) is 0 Å². The first-order valence-corrected chi connectivity index (χ1v) is 6.90. The summed E-state index contributed by atoms with van der Waals surface area (Å²) in [6.07, 6.45) is 0. The van der Waals surface area contributed by atoms with Crippen LogP contribution < -0.4 is 5.01 Å². The Morgan fingerprint density at radius 3 is 2.42 bits per heavy atom. The largest absolute Gasteiger partial charge is 0.412 e. The first kappa shape index (κ1) is 19.3. The third kappa shape index (κ3) is 2.74. The zero-order valence-corrected chi connectivity index (χ0v) is 13.8. The van der Waals surface area contributed by atoms with Crippen molar-refractivity contribution in [2.75, 3.05) is 12.1 Å². The summed E-state index contributed by atoms with van der Waals surface area (Å²) in [5.74, 6) is -1.33. The molecule has 1 aromatic carbocycles. The van der Waals surface area contributed by atoms with Gasteiger partial charge in [-0.1, -0.05) is 23.4 Å². The lowest BCUT2D eigenvalue weighted by molar-refractivity contribution is -0.176. The smallest absolute Gasteiger partial charge is 0.287 e. The van der Waals surface area contributed by atoms with Crippen LogP contribution in [0.4, 0.5) is 5.69 Å². The number of carbonyl (C=O) groups is 2. The molecule has 1 heterocycles. The average Bonchev–Trinajstić information content (AvgIpc) is 2.80. The van der Waals surface area contributed by atoms with E-state index in [1.807, 2.05) is 0 Å². The van der Waals surface area contributed by atoms with Crippen LogP contribution in [0.5, 0.6) is 0 Å². The normalized spacial score (nSPS) is 20.4. The van der Waals surface area contributed by atoms with Crippen LogP contribution in [0.3, 0.4) is 0 Å². The molecule has 9 nitrogen and oxygen atoms in total. The lowest BCUT2D eigenvalue weighted by atomic mass is 9.88. The Bertz CT molecular complexity index is 688. The number of amides is 2. The van der Waals surface area contributed by atoms with E-state index in [1.165, 1.54) is 14.0 Å². The summed E-state index contributed by atoms with van der Waals surface area (Å²) in [4.78, 5) is 29.5. The molecule has 0 unspecified atom stereocenters. The Balaban J connectivity index is 0.00000288. The minimum atomic E-state index is -1.82. The fourth-order valence-electron chi connectivity index (χ4n) is 2.57. The molecule has 0 saturated carbocycles. The predicted octanol–water partition coefficient (Wildman–Crippen LogP) is 0.583. The van der Waals surface area contributed by atoms with E-state index in [9.17, 15) is 14.8 Å². The van der Waals surface area contributed by atoms with Crippen molar-refractivity contribution < 1.29 is 25.1 Å². The first-order valence-electron chi connectivity index (χ1n) is 6.90. The average molecular weight is 336 g/mol. The fourth-order valence-corrected chi connectivity index (χ4v) is 2.57. The molecular formula is C15H20N4O5. The molecule has 1 aromatic rings. The number of anilines is 1. The van der Waals surface area contributed by atoms with Crippen LogP contribution in [0, 0.1) is 0 Å². The highest BCUT2D eigenvalue weighted by Crippen LogP contribution is 2.32. The summed E-state index contributed by atoms with van der Waals surface area (Å²) >= 11 is 0. The molecule has 2 rings (SSSR count). The van der Waals surface area contributed by atoms with E-state index in [0.717, 1.165) is 11.9 Å². The van der Waals surface area contributed by atoms with Gasteiger partial charge in [0.15, 0.2) is 0 Å². The molecular weight excluding hydrogens is 316 g/mol. The molecule has 1 aliphatic heterocycles. The maximum atomic E-state index is 13.0. The Hall–Kier alpha value is -2.78. The molecule has 0 radical (unpaired) electrons. The molecule has 0 aliphatic carbocycles. The summed E-state index contributed by atoms with van der Waals surface area (Å²) < 4.78 is 0.